The number of rotatable bonds is 2. The lowest BCUT2D eigenvalue weighted by Gasteiger charge is -2.25. The van der Waals surface area contributed by atoms with E-state index in [1.807, 2.05) is 20.8 Å². The van der Waals surface area contributed by atoms with Gasteiger partial charge in [0.05, 0.1) is 6.54 Å². The van der Waals surface area contributed by atoms with Crippen LogP contribution in [-0.2, 0) is 0 Å². The molecule has 5 nitrogen and oxygen atoms in total. The maximum absolute atomic E-state index is 12.0. The molecule has 6 heteroatoms. The second kappa shape index (κ2) is 5.87. The molecule has 2 heterocycles. The van der Waals surface area contributed by atoms with Crippen molar-refractivity contribution in [1.82, 2.24) is 15.2 Å². The Morgan fingerprint density at radius 1 is 1.55 bits per heavy atom. The van der Waals surface area contributed by atoms with Gasteiger partial charge in [0.15, 0.2) is 0 Å². The molecule has 0 spiro atoms. The normalized spacial score (nSPS) is 19.0. The number of nitrogens with one attached hydrogen (secondary N) is 1. The standard InChI is InChI=1S/C14H20ClN3O2/c1-14(2,3)17-13(19)18-7-5-10(9-18)20-12-4-6-16-8-11(12)15/h4,6,8,10H,5,7,9H2,1-3H3,(H,17,19). The first-order valence-corrected chi connectivity index (χ1v) is 7.06. The van der Waals surface area contributed by atoms with Crippen molar-refractivity contribution in [3.8, 4) is 5.75 Å². The van der Waals surface area contributed by atoms with Crippen LogP contribution in [0.2, 0.25) is 5.02 Å². The predicted molar refractivity (Wildman–Crippen MR) is 78.1 cm³/mol. The van der Waals surface area contributed by atoms with E-state index in [1.165, 1.54) is 0 Å². The second-order valence-corrected chi connectivity index (χ2v) is 6.37. The van der Waals surface area contributed by atoms with Crippen LogP contribution in [0.25, 0.3) is 0 Å². The van der Waals surface area contributed by atoms with Gasteiger partial charge < -0.3 is 15.0 Å². The summed E-state index contributed by atoms with van der Waals surface area (Å²) in [6, 6.07) is 1.68. The predicted octanol–water partition coefficient (Wildman–Crippen LogP) is 2.70. The number of halogens is 1. The van der Waals surface area contributed by atoms with E-state index in [-0.39, 0.29) is 17.7 Å². The topological polar surface area (TPSA) is 54.5 Å². The number of ether oxygens (including phenoxy) is 1. The summed E-state index contributed by atoms with van der Waals surface area (Å²) in [5.74, 6) is 0.616. The zero-order chi connectivity index (χ0) is 14.8. The minimum absolute atomic E-state index is 0.0272. The zero-order valence-corrected chi connectivity index (χ0v) is 12.8. The Labute approximate surface area is 124 Å². The molecule has 1 aliphatic rings. The van der Waals surface area contributed by atoms with Crippen LogP contribution in [0.3, 0.4) is 0 Å². The largest absolute Gasteiger partial charge is 0.487 e. The van der Waals surface area contributed by atoms with E-state index in [9.17, 15) is 4.79 Å². The number of urea groups is 1. The van der Waals surface area contributed by atoms with Crippen molar-refractivity contribution in [3.05, 3.63) is 23.5 Å². The highest BCUT2D eigenvalue weighted by Gasteiger charge is 2.29. The Morgan fingerprint density at radius 2 is 2.30 bits per heavy atom. The number of likely N-dealkylation sites (tertiary alicyclic amines) is 1. The number of carbonyl (C=O) groups excluding carboxylic acids is 1. The van der Waals surface area contributed by atoms with Crippen LogP contribution in [0, 0.1) is 0 Å². The molecule has 1 aromatic heterocycles. The molecular weight excluding hydrogens is 278 g/mol. The highest BCUT2D eigenvalue weighted by Crippen LogP contribution is 2.25. The summed E-state index contributed by atoms with van der Waals surface area (Å²) in [5.41, 5.74) is -0.232. The molecule has 1 unspecified atom stereocenters. The van der Waals surface area contributed by atoms with Gasteiger partial charge in [-0.15, -0.1) is 0 Å². The fraction of sp³-hybridized carbons (Fsp3) is 0.571. The van der Waals surface area contributed by atoms with Gasteiger partial charge in [-0.1, -0.05) is 11.6 Å². The SMILES string of the molecule is CC(C)(C)NC(=O)N1CCC(Oc2ccncc2Cl)C1. The molecule has 2 amide bonds. The van der Waals surface area contributed by atoms with Crippen LogP contribution in [-0.4, -0.2) is 40.6 Å². The lowest BCUT2D eigenvalue weighted by atomic mass is 10.1. The molecular formula is C14H20ClN3O2. The molecule has 0 radical (unpaired) electrons. The zero-order valence-electron chi connectivity index (χ0n) is 12.0. The Hall–Kier alpha value is -1.49. The van der Waals surface area contributed by atoms with Crippen molar-refractivity contribution in [2.45, 2.75) is 38.8 Å². The van der Waals surface area contributed by atoms with Crippen molar-refractivity contribution < 1.29 is 9.53 Å². The molecule has 1 fully saturated rings. The van der Waals surface area contributed by atoms with E-state index in [0.29, 0.717) is 23.9 Å². The van der Waals surface area contributed by atoms with E-state index in [4.69, 9.17) is 16.3 Å². The summed E-state index contributed by atoms with van der Waals surface area (Å²) >= 11 is 6.01. The molecule has 110 valence electrons. The quantitative estimate of drug-likeness (QED) is 0.913. The van der Waals surface area contributed by atoms with E-state index in [1.54, 1.807) is 23.4 Å². The van der Waals surface area contributed by atoms with E-state index < -0.39 is 0 Å². The van der Waals surface area contributed by atoms with Gasteiger partial charge in [0.1, 0.15) is 16.9 Å². The van der Waals surface area contributed by atoms with Crippen molar-refractivity contribution in [3.63, 3.8) is 0 Å². The Morgan fingerprint density at radius 3 is 2.95 bits per heavy atom. The van der Waals surface area contributed by atoms with Crippen LogP contribution < -0.4 is 10.1 Å². The van der Waals surface area contributed by atoms with Gasteiger partial charge in [-0.2, -0.15) is 0 Å². The van der Waals surface area contributed by atoms with Crippen molar-refractivity contribution in [2.75, 3.05) is 13.1 Å². The number of carbonyl (C=O) groups is 1. The molecule has 0 aromatic carbocycles. The summed E-state index contributed by atoms with van der Waals surface area (Å²) in [7, 11) is 0. The maximum atomic E-state index is 12.0. The monoisotopic (exact) mass is 297 g/mol. The van der Waals surface area contributed by atoms with Crippen LogP contribution in [0.5, 0.6) is 5.75 Å². The average Bonchev–Trinajstić information content (AvgIpc) is 2.79. The van der Waals surface area contributed by atoms with Gasteiger partial charge in [-0.05, 0) is 20.8 Å². The van der Waals surface area contributed by atoms with Crippen LogP contribution >= 0.6 is 11.6 Å². The molecule has 1 aliphatic heterocycles. The van der Waals surface area contributed by atoms with E-state index >= 15 is 0 Å². The molecule has 1 N–H and O–H groups in total. The average molecular weight is 298 g/mol. The maximum Gasteiger partial charge on any atom is 0.317 e. The number of hydrogen-bond donors (Lipinski definition) is 1. The molecule has 0 saturated carbocycles. The lowest BCUT2D eigenvalue weighted by Crippen LogP contribution is -2.48. The van der Waals surface area contributed by atoms with Gasteiger partial charge in [0.25, 0.3) is 0 Å². The van der Waals surface area contributed by atoms with Gasteiger partial charge in [-0.3, -0.25) is 4.98 Å². The Kier molecular flexibility index (Phi) is 4.38. The smallest absolute Gasteiger partial charge is 0.317 e. The van der Waals surface area contributed by atoms with Crippen molar-refractivity contribution in [1.29, 1.82) is 0 Å². The van der Waals surface area contributed by atoms with Crippen LogP contribution in [0.4, 0.5) is 4.79 Å². The summed E-state index contributed by atoms with van der Waals surface area (Å²) in [5, 5.41) is 3.44. The Bertz CT molecular complexity index is 488. The van der Waals surface area contributed by atoms with Crippen LogP contribution in [0.15, 0.2) is 18.5 Å². The van der Waals surface area contributed by atoms with E-state index in [2.05, 4.69) is 10.3 Å². The first-order valence-electron chi connectivity index (χ1n) is 6.68. The van der Waals surface area contributed by atoms with Gasteiger partial charge in [0.2, 0.25) is 0 Å². The number of pyridine rings is 1. The summed E-state index contributed by atoms with van der Waals surface area (Å²) in [4.78, 5) is 17.7. The highest BCUT2D eigenvalue weighted by atomic mass is 35.5. The summed E-state index contributed by atoms with van der Waals surface area (Å²) in [6.07, 6.45) is 3.97. The van der Waals surface area contributed by atoms with Crippen molar-refractivity contribution in [2.24, 2.45) is 0 Å². The highest BCUT2D eigenvalue weighted by molar-refractivity contribution is 6.31. The molecule has 1 aromatic rings. The van der Waals surface area contributed by atoms with Gasteiger partial charge in [-0.25, -0.2) is 4.79 Å². The first-order chi connectivity index (χ1) is 9.35. The third kappa shape index (κ3) is 4.00. The fourth-order valence-electron chi connectivity index (χ4n) is 2.05. The number of nitrogens with zero attached hydrogens (tertiary/aromatic N) is 2. The molecule has 0 bridgehead atoms. The number of amides is 2. The molecule has 1 saturated heterocycles. The molecule has 0 aliphatic carbocycles. The van der Waals surface area contributed by atoms with E-state index in [0.717, 1.165) is 6.42 Å². The third-order valence-electron chi connectivity index (χ3n) is 2.94. The molecule has 1 atom stereocenters. The fourth-order valence-corrected chi connectivity index (χ4v) is 2.21. The molecule has 2 rings (SSSR count). The third-order valence-corrected chi connectivity index (χ3v) is 3.23. The minimum atomic E-state index is -0.232. The van der Waals surface area contributed by atoms with Gasteiger partial charge in [0, 0.05) is 37.0 Å². The summed E-state index contributed by atoms with van der Waals surface area (Å²) in [6.45, 7) is 7.15. The van der Waals surface area contributed by atoms with Crippen LogP contribution in [0.1, 0.15) is 27.2 Å². The lowest BCUT2D eigenvalue weighted by molar-refractivity contribution is 0.181. The summed E-state index contributed by atoms with van der Waals surface area (Å²) < 4.78 is 5.82. The second-order valence-electron chi connectivity index (χ2n) is 5.96. The van der Waals surface area contributed by atoms with Gasteiger partial charge >= 0.3 is 6.03 Å². The Balaban J connectivity index is 1.90. The first kappa shape index (κ1) is 14.9. The number of hydrogen-bond acceptors (Lipinski definition) is 3. The molecule has 20 heavy (non-hydrogen) atoms. The van der Waals surface area contributed by atoms with Crippen molar-refractivity contribution >= 4 is 17.6 Å². The number of aromatic nitrogens is 1. The minimum Gasteiger partial charge on any atom is -0.487 e.